The number of carbonyl (C=O) groups is 3. The van der Waals surface area contributed by atoms with Gasteiger partial charge in [0.15, 0.2) is 0 Å². The van der Waals surface area contributed by atoms with Crippen molar-refractivity contribution in [1.29, 1.82) is 0 Å². The number of nitrogens with one attached hydrogen (secondary N) is 2. The molecule has 0 radical (unpaired) electrons. The number of amides is 3. The van der Waals surface area contributed by atoms with Crippen LogP contribution in [0.1, 0.15) is 37.0 Å². The highest BCUT2D eigenvalue weighted by Crippen LogP contribution is 2.29. The summed E-state index contributed by atoms with van der Waals surface area (Å²) < 4.78 is 0. The zero-order valence-corrected chi connectivity index (χ0v) is 18.0. The fourth-order valence-corrected chi connectivity index (χ4v) is 3.47. The maximum absolute atomic E-state index is 12.6. The van der Waals surface area contributed by atoms with Gasteiger partial charge in [-0.3, -0.25) is 14.4 Å². The lowest BCUT2D eigenvalue weighted by Gasteiger charge is -2.20. The minimum atomic E-state index is -0.359. The molecular weight excluding hydrogens is 378 g/mol. The average molecular weight is 408 g/mol. The normalized spacial score (nSPS) is 16.1. The highest BCUT2D eigenvalue weighted by molar-refractivity contribution is 6.01. The van der Waals surface area contributed by atoms with Crippen LogP contribution in [0.15, 0.2) is 42.5 Å². The molecule has 1 aliphatic rings. The van der Waals surface area contributed by atoms with Crippen LogP contribution in [0.2, 0.25) is 0 Å². The van der Waals surface area contributed by atoms with E-state index in [9.17, 15) is 14.4 Å². The first kappa shape index (κ1) is 21.6. The number of hydrogen-bond donors (Lipinski definition) is 2. The van der Waals surface area contributed by atoms with Gasteiger partial charge < -0.3 is 15.5 Å². The third-order valence-electron chi connectivity index (χ3n) is 5.58. The molecule has 0 saturated carbocycles. The van der Waals surface area contributed by atoms with Gasteiger partial charge in [0.2, 0.25) is 17.7 Å². The molecule has 2 aromatic rings. The number of hydrogen-bond acceptors (Lipinski definition) is 3. The molecule has 1 fully saturated rings. The van der Waals surface area contributed by atoms with E-state index in [2.05, 4.69) is 10.6 Å². The van der Waals surface area contributed by atoms with E-state index in [1.165, 1.54) is 0 Å². The first-order chi connectivity index (χ1) is 14.3. The highest BCUT2D eigenvalue weighted by Gasteiger charge is 2.35. The van der Waals surface area contributed by atoms with E-state index in [1.54, 1.807) is 4.90 Å². The molecule has 1 atom stereocenters. The Morgan fingerprint density at radius 2 is 1.80 bits per heavy atom. The molecule has 158 valence electrons. The van der Waals surface area contributed by atoms with Gasteiger partial charge in [0.25, 0.3) is 0 Å². The lowest BCUT2D eigenvalue weighted by atomic mass is 10.1. The predicted molar refractivity (Wildman–Crippen MR) is 118 cm³/mol. The van der Waals surface area contributed by atoms with Gasteiger partial charge in [0.05, 0.1) is 5.92 Å². The number of nitrogens with zero attached hydrogens (tertiary/aromatic N) is 1. The van der Waals surface area contributed by atoms with Gasteiger partial charge in [-0.25, -0.2) is 0 Å². The second kappa shape index (κ2) is 9.11. The van der Waals surface area contributed by atoms with Crippen molar-refractivity contribution in [3.05, 3.63) is 59.2 Å². The van der Waals surface area contributed by atoms with Gasteiger partial charge in [0, 0.05) is 36.8 Å². The fourth-order valence-electron chi connectivity index (χ4n) is 3.47. The summed E-state index contributed by atoms with van der Waals surface area (Å²) in [6.07, 6.45) is 0.222. The van der Waals surface area contributed by atoms with Crippen molar-refractivity contribution in [2.24, 2.45) is 11.8 Å². The maximum atomic E-state index is 12.6. The Kier molecular flexibility index (Phi) is 6.55. The zero-order valence-electron chi connectivity index (χ0n) is 18.0. The van der Waals surface area contributed by atoms with Gasteiger partial charge >= 0.3 is 0 Å². The van der Waals surface area contributed by atoms with Crippen molar-refractivity contribution in [3.63, 3.8) is 0 Å². The number of rotatable bonds is 6. The van der Waals surface area contributed by atoms with Crippen LogP contribution < -0.4 is 15.5 Å². The summed E-state index contributed by atoms with van der Waals surface area (Å²) in [5, 5.41) is 5.78. The summed E-state index contributed by atoms with van der Waals surface area (Å²) in [5.41, 5.74) is 4.74. The van der Waals surface area contributed by atoms with Crippen molar-refractivity contribution in [2.75, 3.05) is 16.8 Å². The molecule has 0 spiro atoms. The first-order valence-electron chi connectivity index (χ1n) is 10.3. The van der Waals surface area contributed by atoms with Gasteiger partial charge in [-0.2, -0.15) is 0 Å². The van der Waals surface area contributed by atoms with E-state index < -0.39 is 0 Å². The van der Waals surface area contributed by atoms with E-state index in [4.69, 9.17) is 0 Å². The van der Waals surface area contributed by atoms with E-state index in [0.717, 1.165) is 28.1 Å². The molecule has 0 aromatic heterocycles. The van der Waals surface area contributed by atoms with E-state index in [0.29, 0.717) is 13.1 Å². The molecule has 1 saturated heterocycles. The Bertz CT molecular complexity index is 951. The number of benzene rings is 2. The SMILES string of the molecule is Cc1cccc(N2CC(C(=O)NCc3ccc(NC(=O)C(C)C)cc3)CC2=O)c1C. The molecule has 3 amide bonds. The Labute approximate surface area is 177 Å². The molecule has 1 unspecified atom stereocenters. The largest absolute Gasteiger partial charge is 0.352 e. The van der Waals surface area contributed by atoms with Crippen LogP contribution in [0.25, 0.3) is 0 Å². The lowest BCUT2D eigenvalue weighted by Crippen LogP contribution is -2.32. The zero-order chi connectivity index (χ0) is 21.8. The summed E-state index contributed by atoms with van der Waals surface area (Å²) in [7, 11) is 0. The third-order valence-corrected chi connectivity index (χ3v) is 5.58. The van der Waals surface area contributed by atoms with Gasteiger partial charge in [-0.1, -0.05) is 38.1 Å². The summed E-state index contributed by atoms with van der Waals surface area (Å²) in [4.78, 5) is 38.6. The van der Waals surface area contributed by atoms with Crippen LogP contribution in [0, 0.1) is 25.7 Å². The third kappa shape index (κ3) is 4.87. The monoisotopic (exact) mass is 407 g/mol. The quantitative estimate of drug-likeness (QED) is 0.768. The molecule has 1 aliphatic heterocycles. The Morgan fingerprint density at radius 1 is 1.10 bits per heavy atom. The van der Waals surface area contributed by atoms with Crippen LogP contribution >= 0.6 is 0 Å². The minimum absolute atomic E-state index is 0.0194. The van der Waals surface area contributed by atoms with Crippen molar-refractivity contribution in [3.8, 4) is 0 Å². The Balaban J connectivity index is 1.56. The van der Waals surface area contributed by atoms with Crippen LogP contribution in [0.4, 0.5) is 11.4 Å². The van der Waals surface area contributed by atoms with Crippen molar-refractivity contribution in [2.45, 2.75) is 40.7 Å². The van der Waals surface area contributed by atoms with Crippen LogP contribution in [-0.4, -0.2) is 24.3 Å². The summed E-state index contributed by atoms with van der Waals surface area (Å²) in [5.74, 6) is -0.610. The molecule has 2 N–H and O–H groups in total. The molecule has 0 aliphatic carbocycles. The Morgan fingerprint density at radius 3 is 2.47 bits per heavy atom. The minimum Gasteiger partial charge on any atom is -0.352 e. The van der Waals surface area contributed by atoms with Crippen LogP contribution in [0.5, 0.6) is 0 Å². The number of carbonyl (C=O) groups excluding carboxylic acids is 3. The second-order valence-electron chi connectivity index (χ2n) is 8.18. The predicted octanol–water partition coefficient (Wildman–Crippen LogP) is 3.57. The first-order valence-corrected chi connectivity index (χ1v) is 10.3. The van der Waals surface area contributed by atoms with Gasteiger partial charge in [0.1, 0.15) is 0 Å². The molecule has 6 nitrogen and oxygen atoms in total. The van der Waals surface area contributed by atoms with E-state index in [-0.39, 0.29) is 36.0 Å². The molecule has 6 heteroatoms. The number of aryl methyl sites for hydroxylation is 1. The molecule has 0 bridgehead atoms. The molecular formula is C24H29N3O3. The smallest absolute Gasteiger partial charge is 0.227 e. The number of anilines is 2. The molecule has 3 rings (SSSR count). The van der Waals surface area contributed by atoms with Gasteiger partial charge in [-0.15, -0.1) is 0 Å². The average Bonchev–Trinajstić information content (AvgIpc) is 3.10. The summed E-state index contributed by atoms with van der Waals surface area (Å²) in [6.45, 7) is 8.48. The fraction of sp³-hybridized carbons (Fsp3) is 0.375. The molecule has 1 heterocycles. The Hall–Kier alpha value is -3.15. The van der Waals surface area contributed by atoms with Crippen LogP contribution in [-0.2, 0) is 20.9 Å². The standard InChI is InChI=1S/C24H29N3O3/c1-15(2)23(29)26-20-10-8-18(9-11-20)13-25-24(30)19-12-22(28)27(14-19)21-7-5-6-16(3)17(21)4/h5-11,15,19H,12-14H2,1-4H3,(H,25,30)(H,26,29). The van der Waals surface area contributed by atoms with Crippen molar-refractivity contribution in [1.82, 2.24) is 5.32 Å². The maximum Gasteiger partial charge on any atom is 0.227 e. The summed E-state index contributed by atoms with van der Waals surface area (Å²) >= 11 is 0. The topological polar surface area (TPSA) is 78.5 Å². The van der Waals surface area contributed by atoms with Crippen molar-refractivity contribution < 1.29 is 14.4 Å². The van der Waals surface area contributed by atoms with Crippen LogP contribution in [0.3, 0.4) is 0 Å². The molecule has 30 heavy (non-hydrogen) atoms. The molecule has 2 aromatic carbocycles. The van der Waals surface area contributed by atoms with E-state index in [1.807, 2.05) is 70.2 Å². The second-order valence-corrected chi connectivity index (χ2v) is 8.18. The van der Waals surface area contributed by atoms with Crippen molar-refractivity contribution >= 4 is 29.1 Å². The van der Waals surface area contributed by atoms with E-state index >= 15 is 0 Å². The summed E-state index contributed by atoms with van der Waals surface area (Å²) in [6, 6.07) is 13.3. The highest BCUT2D eigenvalue weighted by atomic mass is 16.2. The lowest BCUT2D eigenvalue weighted by molar-refractivity contribution is -0.126. The van der Waals surface area contributed by atoms with Gasteiger partial charge in [-0.05, 0) is 48.7 Å².